The Morgan fingerprint density at radius 1 is 0.841 bits per heavy atom. The zero-order valence-electron chi connectivity index (χ0n) is 37.2. The highest BCUT2D eigenvalue weighted by molar-refractivity contribution is 6.06. The number of carbonyl (C=O) groups excluding carboxylic acids is 8. The van der Waals surface area contributed by atoms with Crippen LogP contribution in [0.15, 0.2) is 54.6 Å². The molecule has 7 atom stereocenters. The predicted molar refractivity (Wildman–Crippen MR) is 235 cm³/mol. The summed E-state index contributed by atoms with van der Waals surface area (Å²) in [5.41, 5.74) is 0.973. The standard InChI is InChI=1S/C45H64N8O10/c1-8-28(6)38(44(61)62)52-45(63)50-32-20-14-15-21-46-39(56)33(23-29-16-10-9-11-17-29)48-41(58)35(24-36(55)30-18-12-13-19-31(30)47-25-54)53(7)43(60)34(22-26(2)3)49-42(59)37(27(4)5)51-40(32)57/h9-13,16-19,25-28,32-35,37-38H,8,14-15,20-24H2,1-7H3,(H,46,56)(H,47,54)(H,48,58)(H,49,59)(H,51,57)(H,61,62)(H2,50,52,63). The summed E-state index contributed by atoms with van der Waals surface area (Å²) in [7, 11) is 1.32. The van der Waals surface area contributed by atoms with Crippen LogP contribution in [0, 0.1) is 17.8 Å². The van der Waals surface area contributed by atoms with E-state index in [0.29, 0.717) is 24.8 Å². The number of benzene rings is 2. The molecule has 3 rings (SSSR count). The van der Waals surface area contributed by atoms with Crippen molar-refractivity contribution in [3.63, 3.8) is 0 Å². The molecule has 8 N–H and O–H groups in total. The Morgan fingerprint density at radius 3 is 2.11 bits per heavy atom. The third kappa shape index (κ3) is 15.5. The molecule has 2 aromatic rings. The minimum atomic E-state index is -1.51. The van der Waals surface area contributed by atoms with Crippen LogP contribution in [0.3, 0.4) is 0 Å². The van der Waals surface area contributed by atoms with Gasteiger partial charge >= 0.3 is 12.0 Å². The van der Waals surface area contributed by atoms with Crippen LogP contribution in [-0.4, -0.2) is 114 Å². The summed E-state index contributed by atoms with van der Waals surface area (Å²) in [6.45, 7) is 10.6. The number of amides is 8. The van der Waals surface area contributed by atoms with Gasteiger partial charge < -0.3 is 47.2 Å². The van der Waals surface area contributed by atoms with E-state index in [0.717, 1.165) is 4.90 Å². The maximum Gasteiger partial charge on any atom is 0.326 e. The van der Waals surface area contributed by atoms with Crippen molar-refractivity contribution in [2.45, 2.75) is 123 Å². The lowest BCUT2D eigenvalue weighted by Gasteiger charge is -2.33. The summed E-state index contributed by atoms with van der Waals surface area (Å²) in [5.74, 6) is -6.54. The van der Waals surface area contributed by atoms with Crippen LogP contribution in [0.4, 0.5) is 10.5 Å². The molecular weight excluding hydrogens is 813 g/mol. The Labute approximate surface area is 368 Å². The van der Waals surface area contributed by atoms with Crippen molar-refractivity contribution in [3.8, 4) is 0 Å². The molecule has 0 saturated carbocycles. The minimum Gasteiger partial charge on any atom is -0.480 e. The highest BCUT2D eigenvalue weighted by Gasteiger charge is 2.38. The number of para-hydroxylation sites is 1. The highest BCUT2D eigenvalue weighted by Crippen LogP contribution is 2.21. The topological polar surface area (TPSA) is 261 Å². The first kappa shape index (κ1) is 51.0. The van der Waals surface area contributed by atoms with Gasteiger partial charge in [0.1, 0.15) is 36.3 Å². The normalized spacial score (nSPS) is 21.9. The number of ketones is 1. The maximum atomic E-state index is 14.6. The fraction of sp³-hybridized carbons (Fsp3) is 0.533. The molecule has 1 fully saturated rings. The predicted octanol–water partition coefficient (Wildman–Crippen LogP) is 2.52. The molecule has 63 heavy (non-hydrogen) atoms. The largest absolute Gasteiger partial charge is 0.480 e. The number of aliphatic carboxylic acids is 1. The maximum absolute atomic E-state index is 14.6. The van der Waals surface area contributed by atoms with Gasteiger partial charge in [0.05, 0.1) is 5.69 Å². The van der Waals surface area contributed by atoms with E-state index in [9.17, 15) is 48.3 Å². The van der Waals surface area contributed by atoms with E-state index in [1.165, 1.54) is 19.2 Å². The Morgan fingerprint density at radius 2 is 1.49 bits per heavy atom. The summed E-state index contributed by atoms with van der Waals surface area (Å²) in [5, 5.41) is 28.3. The van der Waals surface area contributed by atoms with E-state index in [2.05, 4.69) is 37.2 Å². The number of nitrogens with one attached hydrogen (secondary N) is 7. The smallest absolute Gasteiger partial charge is 0.326 e. The van der Waals surface area contributed by atoms with Crippen LogP contribution in [0.25, 0.3) is 0 Å². The molecule has 1 aliphatic heterocycles. The van der Waals surface area contributed by atoms with Crippen LogP contribution in [0.1, 0.15) is 96.0 Å². The first-order valence-corrected chi connectivity index (χ1v) is 21.5. The Balaban J connectivity index is 2.10. The van der Waals surface area contributed by atoms with Gasteiger partial charge in [-0.1, -0.05) is 90.4 Å². The summed E-state index contributed by atoms with van der Waals surface area (Å²) in [6.07, 6.45) is 1.05. The van der Waals surface area contributed by atoms with Gasteiger partial charge in [0.15, 0.2) is 5.78 Å². The Kier molecular flexibility index (Phi) is 20.2. The molecule has 0 spiro atoms. The second-order valence-electron chi connectivity index (χ2n) is 16.7. The van der Waals surface area contributed by atoms with Gasteiger partial charge in [-0.3, -0.25) is 33.6 Å². The van der Waals surface area contributed by atoms with Crippen LogP contribution >= 0.6 is 0 Å². The average Bonchev–Trinajstić information content (AvgIpc) is 3.24. The van der Waals surface area contributed by atoms with E-state index < -0.39 is 102 Å². The van der Waals surface area contributed by atoms with E-state index in [4.69, 9.17) is 0 Å². The fourth-order valence-corrected chi connectivity index (χ4v) is 7.18. The van der Waals surface area contributed by atoms with Crippen molar-refractivity contribution in [3.05, 3.63) is 65.7 Å². The number of anilines is 1. The quantitative estimate of drug-likeness (QED) is 0.0958. The monoisotopic (exact) mass is 876 g/mol. The second-order valence-corrected chi connectivity index (χ2v) is 16.7. The molecule has 1 saturated heterocycles. The number of rotatable bonds is 15. The van der Waals surface area contributed by atoms with Gasteiger partial charge in [-0.2, -0.15) is 0 Å². The second kappa shape index (κ2) is 24.9. The molecule has 0 bridgehead atoms. The van der Waals surface area contributed by atoms with Crippen molar-refractivity contribution in [1.29, 1.82) is 0 Å². The SMILES string of the molecule is CCC(C)C(NC(=O)NC1CCCCNC(=O)C(Cc2ccccc2)NC(=O)C(CC(=O)c2ccccc2NC=O)N(C)C(=O)C(CC(C)C)NC(=O)C(C(C)C)NC1=O)C(=O)O. The minimum absolute atomic E-state index is 0.0350. The molecule has 344 valence electrons. The lowest BCUT2D eigenvalue weighted by Crippen LogP contribution is -2.61. The average molecular weight is 877 g/mol. The van der Waals surface area contributed by atoms with Crippen LogP contribution in [0.5, 0.6) is 0 Å². The molecular formula is C45H64N8O10. The lowest BCUT2D eigenvalue weighted by molar-refractivity contribution is -0.143. The molecule has 7 unspecified atom stereocenters. The van der Waals surface area contributed by atoms with Crippen LogP contribution in [-0.2, 0) is 40.0 Å². The zero-order chi connectivity index (χ0) is 46.8. The number of Topliss-reactive ketones (excluding diaryl/α,β-unsaturated/α-hetero) is 1. The summed E-state index contributed by atoms with van der Waals surface area (Å²) in [4.78, 5) is 123. The number of hydrogen-bond acceptors (Lipinski definition) is 9. The first-order valence-electron chi connectivity index (χ1n) is 21.5. The van der Waals surface area contributed by atoms with E-state index in [1.807, 2.05) is 13.8 Å². The van der Waals surface area contributed by atoms with Crippen molar-refractivity contribution >= 4 is 59.4 Å². The Bertz CT molecular complexity index is 1930. The van der Waals surface area contributed by atoms with E-state index in [1.54, 1.807) is 70.2 Å². The van der Waals surface area contributed by atoms with Crippen molar-refractivity contribution < 1.29 is 48.3 Å². The van der Waals surface area contributed by atoms with Gasteiger partial charge in [0.2, 0.25) is 35.9 Å². The third-order valence-electron chi connectivity index (χ3n) is 11.0. The van der Waals surface area contributed by atoms with E-state index >= 15 is 0 Å². The van der Waals surface area contributed by atoms with Crippen molar-refractivity contribution in [2.75, 3.05) is 18.9 Å². The first-order chi connectivity index (χ1) is 29.9. The van der Waals surface area contributed by atoms with Crippen molar-refractivity contribution in [2.24, 2.45) is 17.8 Å². The number of hydrogen-bond donors (Lipinski definition) is 8. The summed E-state index contributed by atoms with van der Waals surface area (Å²) >= 11 is 0. The van der Waals surface area contributed by atoms with Gasteiger partial charge in [-0.15, -0.1) is 0 Å². The molecule has 1 heterocycles. The molecule has 18 heteroatoms. The van der Waals surface area contributed by atoms with Gasteiger partial charge in [0.25, 0.3) is 0 Å². The Hall–Kier alpha value is -6.33. The molecule has 2 aromatic carbocycles. The fourth-order valence-electron chi connectivity index (χ4n) is 7.18. The highest BCUT2D eigenvalue weighted by atomic mass is 16.4. The number of carboxylic acids is 1. The number of urea groups is 1. The van der Waals surface area contributed by atoms with Gasteiger partial charge in [0, 0.05) is 32.0 Å². The molecule has 8 amide bonds. The third-order valence-corrected chi connectivity index (χ3v) is 11.0. The van der Waals surface area contributed by atoms with Gasteiger partial charge in [-0.05, 0) is 61.1 Å². The summed E-state index contributed by atoms with van der Waals surface area (Å²) < 4.78 is 0. The zero-order valence-corrected chi connectivity index (χ0v) is 37.2. The molecule has 0 radical (unpaired) electrons. The molecule has 0 aromatic heterocycles. The molecule has 0 aliphatic carbocycles. The van der Waals surface area contributed by atoms with Crippen molar-refractivity contribution in [1.82, 2.24) is 36.8 Å². The number of carboxylic acid groups (broad SMARTS) is 1. The van der Waals surface area contributed by atoms with E-state index in [-0.39, 0.29) is 49.4 Å². The van der Waals surface area contributed by atoms with Crippen LogP contribution < -0.4 is 37.2 Å². The number of carbonyl (C=O) groups is 9. The number of likely N-dealkylation sites (N-methyl/N-ethyl adjacent to an activating group) is 1. The lowest BCUT2D eigenvalue weighted by atomic mass is 9.97. The van der Waals surface area contributed by atoms with Gasteiger partial charge in [-0.25, -0.2) is 9.59 Å². The van der Waals surface area contributed by atoms with Crippen LogP contribution in [0.2, 0.25) is 0 Å². The molecule has 1 aliphatic rings. The summed E-state index contributed by atoms with van der Waals surface area (Å²) in [6, 6.07) is 6.55. The molecule has 18 nitrogen and oxygen atoms in total. The number of nitrogens with zero attached hydrogens (tertiary/aromatic N) is 1.